The largest absolute Gasteiger partial charge is 0.480 e. The van der Waals surface area contributed by atoms with E-state index in [9.17, 15) is 14.7 Å². The molecular weight excluding hydrogens is 506 g/mol. The van der Waals surface area contributed by atoms with Gasteiger partial charge in [0, 0.05) is 34.8 Å². The number of rotatable bonds is 7. The van der Waals surface area contributed by atoms with Crippen LogP contribution in [-0.4, -0.2) is 33.0 Å². The van der Waals surface area contributed by atoms with E-state index in [0.717, 1.165) is 27.1 Å². The van der Waals surface area contributed by atoms with Crippen LogP contribution in [0.5, 0.6) is 0 Å². The maximum atomic E-state index is 12.7. The number of nitrogens with zero attached hydrogens (tertiary/aromatic N) is 2. The molecule has 2 aromatic carbocycles. The normalized spacial score (nSPS) is 12.7. The zero-order valence-electron chi connectivity index (χ0n) is 23.3. The van der Waals surface area contributed by atoms with Crippen molar-refractivity contribution in [3.8, 4) is 22.5 Å². The first-order valence-corrected chi connectivity index (χ1v) is 13.8. The van der Waals surface area contributed by atoms with Crippen LogP contribution in [0.15, 0.2) is 73.1 Å². The predicted molar refractivity (Wildman–Crippen MR) is 157 cm³/mol. The number of hydrogen-bond acceptors (Lipinski definition) is 5. The second kappa shape index (κ2) is 11.1. The molecule has 6 nitrogen and oxygen atoms in total. The molecular formula is C32H35N3O3S. The van der Waals surface area contributed by atoms with Gasteiger partial charge in [0.1, 0.15) is 6.04 Å². The van der Waals surface area contributed by atoms with Crippen molar-refractivity contribution in [3.63, 3.8) is 0 Å². The second-order valence-electron chi connectivity index (χ2n) is 11.8. The molecule has 2 aromatic heterocycles. The highest BCUT2D eigenvalue weighted by Crippen LogP contribution is 2.30. The Labute approximate surface area is 234 Å². The maximum Gasteiger partial charge on any atom is 0.326 e. The van der Waals surface area contributed by atoms with Crippen LogP contribution < -0.4 is 5.32 Å². The number of aliphatic carboxylic acids is 1. The maximum absolute atomic E-state index is 12.7. The summed E-state index contributed by atoms with van der Waals surface area (Å²) in [6, 6.07) is 18.5. The lowest BCUT2D eigenvalue weighted by Crippen LogP contribution is -2.42. The number of amides is 1. The van der Waals surface area contributed by atoms with Crippen molar-refractivity contribution >= 4 is 23.2 Å². The van der Waals surface area contributed by atoms with Crippen molar-refractivity contribution in [1.82, 2.24) is 15.3 Å². The van der Waals surface area contributed by atoms with Gasteiger partial charge in [-0.1, -0.05) is 90.1 Å². The number of carboxylic acids is 1. The van der Waals surface area contributed by atoms with E-state index in [0.29, 0.717) is 10.7 Å². The van der Waals surface area contributed by atoms with Crippen molar-refractivity contribution in [3.05, 3.63) is 93.9 Å². The van der Waals surface area contributed by atoms with E-state index >= 15 is 0 Å². The molecule has 0 fully saturated rings. The van der Waals surface area contributed by atoms with E-state index in [2.05, 4.69) is 81.1 Å². The van der Waals surface area contributed by atoms with Gasteiger partial charge in [-0.3, -0.25) is 4.79 Å². The minimum atomic E-state index is -1.07. The van der Waals surface area contributed by atoms with E-state index in [1.807, 2.05) is 42.7 Å². The monoisotopic (exact) mass is 541 g/mol. The molecule has 0 aliphatic carbocycles. The number of carbonyl (C=O) groups is 2. The number of benzene rings is 2. The zero-order valence-corrected chi connectivity index (χ0v) is 24.1. The molecule has 0 bridgehead atoms. The van der Waals surface area contributed by atoms with E-state index in [-0.39, 0.29) is 23.2 Å². The fourth-order valence-corrected chi connectivity index (χ4v) is 5.07. The molecule has 4 rings (SSSR count). The first-order valence-electron chi connectivity index (χ1n) is 13.0. The topological polar surface area (TPSA) is 92.2 Å². The molecule has 0 saturated heterocycles. The van der Waals surface area contributed by atoms with Crippen LogP contribution in [0.25, 0.3) is 22.5 Å². The number of carboxylic acid groups (broad SMARTS) is 1. The highest BCUT2D eigenvalue weighted by atomic mass is 32.1. The number of nitrogens with one attached hydrogen (secondary N) is 1. The van der Waals surface area contributed by atoms with Gasteiger partial charge in [-0.05, 0) is 39.7 Å². The first-order chi connectivity index (χ1) is 18.3. The molecule has 2 N–H and O–H groups in total. The lowest BCUT2D eigenvalue weighted by molar-refractivity contribution is -0.139. The third-order valence-electron chi connectivity index (χ3n) is 6.56. The number of hydrogen-bond donors (Lipinski definition) is 2. The summed E-state index contributed by atoms with van der Waals surface area (Å²) in [5, 5.41) is 12.4. The highest BCUT2D eigenvalue weighted by Gasteiger charge is 2.24. The molecule has 0 unspecified atom stereocenters. The molecule has 0 saturated carbocycles. The van der Waals surface area contributed by atoms with Gasteiger partial charge in [-0.25, -0.2) is 14.8 Å². The van der Waals surface area contributed by atoms with Crippen LogP contribution >= 0.6 is 11.3 Å². The van der Waals surface area contributed by atoms with Gasteiger partial charge < -0.3 is 10.4 Å². The molecule has 1 atom stereocenters. The summed E-state index contributed by atoms with van der Waals surface area (Å²) in [6.07, 6.45) is 3.80. The van der Waals surface area contributed by atoms with Gasteiger partial charge in [0.25, 0.3) is 5.91 Å². The molecule has 0 aliphatic rings. The summed E-state index contributed by atoms with van der Waals surface area (Å²) < 4.78 is 0. The Morgan fingerprint density at radius 1 is 0.795 bits per heavy atom. The van der Waals surface area contributed by atoms with E-state index < -0.39 is 12.0 Å². The summed E-state index contributed by atoms with van der Waals surface area (Å²) in [5.41, 5.74) is 4.93. The lowest BCUT2D eigenvalue weighted by atomic mass is 9.86. The van der Waals surface area contributed by atoms with Crippen molar-refractivity contribution in [1.29, 1.82) is 0 Å². The van der Waals surface area contributed by atoms with Crippen molar-refractivity contribution in [2.75, 3.05) is 0 Å². The predicted octanol–water partition coefficient (Wildman–Crippen LogP) is 6.89. The van der Waals surface area contributed by atoms with Gasteiger partial charge in [-0.15, -0.1) is 11.3 Å². The van der Waals surface area contributed by atoms with E-state index in [1.165, 1.54) is 16.9 Å². The zero-order chi connectivity index (χ0) is 28.4. The van der Waals surface area contributed by atoms with Crippen molar-refractivity contribution in [2.45, 2.75) is 64.8 Å². The molecule has 2 heterocycles. The quantitative estimate of drug-likeness (QED) is 0.266. The highest BCUT2D eigenvalue weighted by molar-refractivity contribution is 7.14. The van der Waals surface area contributed by atoms with Crippen LogP contribution in [0, 0.1) is 0 Å². The molecule has 7 heteroatoms. The Morgan fingerprint density at radius 3 is 1.90 bits per heavy atom. The fraction of sp³-hybridized carbons (Fsp3) is 0.312. The number of thiophene rings is 1. The summed E-state index contributed by atoms with van der Waals surface area (Å²) in [4.78, 5) is 35.3. The van der Waals surface area contributed by atoms with Crippen LogP contribution in [0.3, 0.4) is 0 Å². The van der Waals surface area contributed by atoms with Crippen LogP contribution in [0.2, 0.25) is 0 Å². The molecule has 4 aromatic rings. The van der Waals surface area contributed by atoms with E-state index in [4.69, 9.17) is 0 Å². The molecule has 202 valence electrons. The Hall–Kier alpha value is -3.84. The Morgan fingerprint density at radius 2 is 1.38 bits per heavy atom. The third-order valence-corrected chi connectivity index (χ3v) is 8.07. The van der Waals surface area contributed by atoms with Gasteiger partial charge in [0.2, 0.25) is 0 Å². The Bertz CT molecular complexity index is 1440. The van der Waals surface area contributed by atoms with Crippen LogP contribution in [-0.2, 0) is 22.0 Å². The van der Waals surface area contributed by atoms with Gasteiger partial charge in [0.05, 0.1) is 4.88 Å². The Kier molecular flexibility index (Phi) is 8.02. The van der Waals surface area contributed by atoms with Crippen LogP contribution in [0.4, 0.5) is 0 Å². The Balaban J connectivity index is 1.42. The number of carbonyl (C=O) groups excluding carboxylic acids is 1. The van der Waals surface area contributed by atoms with Crippen molar-refractivity contribution in [2.24, 2.45) is 0 Å². The molecule has 0 radical (unpaired) electrons. The first kappa shape index (κ1) is 28.2. The summed E-state index contributed by atoms with van der Waals surface area (Å²) >= 11 is 1.39. The van der Waals surface area contributed by atoms with Crippen LogP contribution in [0.1, 0.15) is 67.2 Å². The van der Waals surface area contributed by atoms with Gasteiger partial charge in [0.15, 0.2) is 5.82 Å². The smallest absolute Gasteiger partial charge is 0.326 e. The van der Waals surface area contributed by atoms with Gasteiger partial charge in [-0.2, -0.15) is 0 Å². The summed E-state index contributed by atoms with van der Waals surface area (Å²) in [5.74, 6) is -0.859. The minimum Gasteiger partial charge on any atom is -0.480 e. The summed E-state index contributed by atoms with van der Waals surface area (Å²) in [7, 11) is 0. The average Bonchev–Trinajstić information content (AvgIpc) is 3.40. The van der Waals surface area contributed by atoms with E-state index in [1.54, 1.807) is 6.07 Å². The average molecular weight is 542 g/mol. The fourth-order valence-electron chi connectivity index (χ4n) is 4.11. The lowest BCUT2D eigenvalue weighted by Gasteiger charge is -2.19. The molecule has 0 aliphatic heterocycles. The standard InChI is InChI=1S/C32H35N3O3S/c1-31(2,3)24-13-11-21(12-14-24)23-18-33-28(34-19-23)22-9-7-20(8-10-22)17-25(30(37)38)35-29(36)26-15-16-27(39-26)32(4,5)6/h7-16,18-19,25H,17H2,1-6H3,(H,35,36)(H,37,38)/t25-/m1/s1. The summed E-state index contributed by atoms with van der Waals surface area (Å²) in [6.45, 7) is 12.8. The van der Waals surface area contributed by atoms with Gasteiger partial charge >= 0.3 is 5.97 Å². The SMILES string of the molecule is CC(C)(C)c1ccc(-c2cnc(-c3ccc(C[C@@H](NC(=O)c4ccc(C(C)(C)C)s4)C(=O)O)cc3)nc2)cc1. The third kappa shape index (κ3) is 6.98. The molecule has 39 heavy (non-hydrogen) atoms. The second-order valence-corrected chi connectivity index (χ2v) is 12.9. The minimum absolute atomic E-state index is 0.0706. The van der Waals surface area contributed by atoms with Crippen molar-refractivity contribution < 1.29 is 14.7 Å². The molecule has 0 spiro atoms. The molecule has 1 amide bonds. The number of aromatic nitrogens is 2.